The summed E-state index contributed by atoms with van der Waals surface area (Å²) in [6, 6.07) is 9.57. The van der Waals surface area contributed by atoms with Crippen LogP contribution in [0, 0.1) is 6.92 Å². The average molecular weight is 364 g/mol. The van der Waals surface area contributed by atoms with E-state index in [1.165, 1.54) is 11.3 Å². The molecule has 3 rings (SSSR count). The number of amides is 1. The van der Waals surface area contributed by atoms with Crippen LogP contribution in [0.2, 0.25) is 5.02 Å². The lowest BCUT2D eigenvalue weighted by Gasteiger charge is -2.29. The summed E-state index contributed by atoms with van der Waals surface area (Å²) in [7, 11) is 0. The molecule has 1 fully saturated rings. The molecule has 0 unspecified atom stereocenters. The lowest BCUT2D eigenvalue weighted by Crippen LogP contribution is -2.44. The standard InChI is InChI=1S/C19H22ClNO2S/c1-13-8-11-24-17(13)16(22)12-21-18(23)19(9-2-3-10-19)14-4-6-15(20)7-5-14/h4-8,11,16,22H,2-3,9-10,12H2,1H3,(H,21,23)/t16-/m0/s1. The van der Waals surface area contributed by atoms with Crippen molar-refractivity contribution in [1.82, 2.24) is 5.32 Å². The van der Waals surface area contributed by atoms with Gasteiger partial charge in [-0.2, -0.15) is 0 Å². The molecule has 128 valence electrons. The Bertz CT molecular complexity index is 704. The van der Waals surface area contributed by atoms with Crippen LogP contribution >= 0.6 is 22.9 Å². The van der Waals surface area contributed by atoms with Crippen molar-refractivity contribution in [3.63, 3.8) is 0 Å². The number of aliphatic hydroxyl groups is 1. The second-order valence-electron chi connectivity index (χ2n) is 6.49. The van der Waals surface area contributed by atoms with Gasteiger partial charge in [0.1, 0.15) is 6.10 Å². The lowest BCUT2D eigenvalue weighted by atomic mass is 9.78. The highest BCUT2D eigenvalue weighted by molar-refractivity contribution is 7.10. The van der Waals surface area contributed by atoms with Crippen LogP contribution in [0.3, 0.4) is 0 Å². The molecule has 24 heavy (non-hydrogen) atoms. The number of rotatable bonds is 5. The van der Waals surface area contributed by atoms with Gasteiger partial charge < -0.3 is 10.4 Å². The van der Waals surface area contributed by atoms with Gasteiger partial charge in [-0.15, -0.1) is 11.3 Å². The summed E-state index contributed by atoms with van der Waals surface area (Å²) >= 11 is 7.51. The highest BCUT2D eigenvalue weighted by atomic mass is 35.5. The number of hydrogen-bond donors (Lipinski definition) is 2. The number of aryl methyl sites for hydroxylation is 1. The number of nitrogens with one attached hydrogen (secondary N) is 1. The van der Waals surface area contributed by atoms with Crippen molar-refractivity contribution >= 4 is 28.8 Å². The maximum atomic E-state index is 13.0. The number of benzene rings is 1. The van der Waals surface area contributed by atoms with Crippen molar-refractivity contribution < 1.29 is 9.90 Å². The zero-order valence-electron chi connectivity index (χ0n) is 13.7. The molecular formula is C19H22ClNO2S. The summed E-state index contributed by atoms with van der Waals surface area (Å²) < 4.78 is 0. The lowest BCUT2D eigenvalue weighted by molar-refractivity contribution is -0.127. The molecule has 2 aromatic rings. The molecule has 1 aliphatic carbocycles. The fourth-order valence-electron chi connectivity index (χ4n) is 3.57. The van der Waals surface area contributed by atoms with Gasteiger partial charge in [0.25, 0.3) is 0 Å². The van der Waals surface area contributed by atoms with E-state index in [1.807, 2.05) is 42.6 Å². The quantitative estimate of drug-likeness (QED) is 0.828. The molecule has 1 aromatic carbocycles. The number of thiophene rings is 1. The SMILES string of the molecule is Cc1ccsc1[C@@H](O)CNC(=O)C1(c2ccc(Cl)cc2)CCCC1. The van der Waals surface area contributed by atoms with Crippen LogP contribution in [0.5, 0.6) is 0 Å². The topological polar surface area (TPSA) is 49.3 Å². The van der Waals surface area contributed by atoms with Crippen LogP contribution in [0.1, 0.15) is 47.8 Å². The number of carbonyl (C=O) groups is 1. The van der Waals surface area contributed by atoms with Crippen molar-refractivity contribution in [3.05, 3.63) is 56.7 Å². The molecule has 1 atom stereocenters. The van der Waals surface area contributed by atoms with E-state index in [9.17, 15) is 9.90 Å². The number of aliphatic hydroxyl groups excluding tert-OH is 1. The van der Waals surface area contributed by atoms with Crippen LogP contribution in [-0.2, 0) is 10.2 Å². The number of carbonyl (C=O) groups excluding carboxylic acids is 1. The molecule has 1 aliphatic rings. The van der Waals surface area contributed by atoms with Crippen LogP contribution in [0.4, 0.5) is 0 Å². The van der Waals surface area contributed by atoms with Gasteiger partial charge in [-0.1, -0.05) is 36.6 Å². The summed E-state index contributed by atoms with van der Waals surface area (Å²) in [5.41, 5.74) is 1.59. The molecule has 0 bridgehead atoms. The molecule has 0 saturated heterocycles. The predicted molar refractivity (Wildman–Crippen MR) is 98.6 cm³/mol. The van der Waals surface area contributed by atoms with Crippen LogP contribution < -0.4 is 5.32 Å². The van der Waals surface area contributed by atoms with Crippen molar-refractivity contribution in [2.45, 2.75) is 44.1 Å². The Morgan fingerprint density at radius 1 is 1.29 bits per heavy atom. The monoisotopic (exact) mass is 363 g/mol. The van der Waals surface area contributed by atoms with E-state index in [0.29, 0.717) is 5.02 Å². The molecule has 0 radical (unpaired) electrons. The second kappa shape index (κ2) is 7.26. The smallest absolute Gasteiger partial charge is 0.230 e. The molecule has 1 amide bonds. The summed E-state index contributed by atoms with van der Waals surface area (Å²) in [5.74, 6) is 0.00980. The Morgan fingerprint density at radius 2 is 1.96 bits per heavy atom. The Hall–Kier alpha value is -1.36. The van der Waals surface area contributed by atoms with E-state index in [2.05, 4.69) is 5.32 Å². The first kappa shape index (κ1) is 17.5. The first-order valence-electron chi connectivity index (χ1n) is 8.29. The average Bonchev–Trinajstić information content (AvgIpc) is 3.23. The Balaban J connectivity index is 1.73. The van der Waals surface area contributed by atoms with Crippen molar-refractivity contribution in [1.29, 1.82) is 0 Å². The third-order valence-corrected chi connectivity index (χ3v) is 6.32. The van der Waals surface area contributed by atoms with Gasteiger partial charge in [0, 0.05) is 16.4 Å². The molecule has 1 heterocycles. The predicted octanol–water partition coefficient (Wildman–Crippen LogP) is 4.37. The van der Waals surface area contributed by atoms with Crippen molar-refractivity contribution in [2.75, 3.05) is 6.54 Å². The van der Waals surface area contributed by atoms with Crippen molar-refractivity contribution in [3.8, 4) is 0 Å². The highest BCUT2D eigenvalue weighted by Crippen LogP contribution is 2.41. The zero-order chi connectivity index (χ0) is 17.2. The Labute approximate surface area is 151 Å². The van der Waals surface area contributed by atoms with Crippen LogP contribution in [0.15, 0.2) is 35.7 Å². The van der Waals surface area contributed by atoms with E-state index < -0.39 is 11.5 Å². The first-order valence-corrected chi connectivity index (χ1v) is 9.55. The molecule has 2 N–H and O–H groups in total. The normalized spacial score (nSPS) is 17.6. The summed E-state index contributed by atoms with van der Waals surface area (Å²) in [6.07, 6.45) is 3.12. The van der Waals surface area contributed by atoms with Gasteiger partial charge in [0.05, 0.1) is 5.41 Å². The van der Waals surface area contributed by atoms with Gasteiger partial charge in [-0.25, -0.2) is 0 Å². The van der Waals surface area contributed by atoms with E-state index in [1.54, 1.807) is 0 Å². The molecule has 5 heteroatoms. The van der Waals surface area contributed by atoms with Gasteiger partial charge in [0.15, 0.2) is 0 Å². The van der Waals surface area contributed by atoms with Crippen molar-refractivity contribution in [2.24, 2.45) is 0 Å². The number of hydrogen-bond acceptors (Lipinski definition) is 3. The van der Waals surface area contributed by atoms with E-state index >= 15 is 0 Å². The molecule has 0 spiro atoms. The maximum Gasteiger partial charge on any atom is 0.230 e. The van der Waals surface area contributed by atoms with E-state index in [4.69, 9.17) is 11.6 Å². The Kier molecular flexibility index (Phi) is 5.28. The number of halogens is 1. The van der Waals surface area contributed by atoms with Crippen LogP contribution in [0.25, 0.3) is 0 Å². The van der Waals surface area contributed by atoms with Gasteiger partial charge >= 0.3 is 0 Å². The summed E-state index contributed by atoms with van der Waals surface area (Å²) in [6.45, 7) is 2.22. The highest BCUT2D eigenvalue weighted by Gasteiger charge is 2.42. The van der Waals surface area contributed by atoms with Gasteiger partial charge in [-0.05, 0) is 54.5 Å². The molecule has 1 aromatic heterocycles. The molecule has 1 saturated carbocycles. The first-order chi connectivity index (χ1) is 11.5. The summed E-state index contributed by atoms with van der Waals surface area (Å²) in [4.78, 5) is 13.9. The minimum absolute atomic E-state index is 0.00980. The van der Waals surface area contributed by atoms with E-state index in [0.717, 1.165) is 41.7 Å². The third kappa shape index (κ3) is 3.37. The molecule has 3 nitrogen and oxygen atoms in total. The minimum atomic E-state index is -0.655. The molecule has 0 aliphatic heterocycles. The van der Waals surface area contributed by atoms with E-state index in [-0.39, 0.29) is 12.5 Å². The largest absolute Gasteiger partial charge is 0.386 e. The fourth-order valence-corrected chi connectivity index (χ4v) is 4.61. The van der Waals surface area contributed by atoms with Gasteiger partial charge in [-0.3, -0.25) is 4.79 Å². The fraction of sp³-hybridized carbons (Fsp3) is 0.421. The van der Waals surface area contributed by atoms with Crippen LogP contribution in [-0.4, -0.2) is 17.6 Å². The maximum absolute atomic E-state index is 13.0. The van der Waals surface area contributed by atoms with Gasteiger partial charge in [0.2, 0.25) is 5.91 Å². The zero-order valence-corrected chi connectivity index (χ0v) is 15.3. The summed E-state index contributed by atoms with van der Waals surface area (Å²) in [5, 5.41) is 16.0. The Morgan fingerprint density at radius 3 is 2.54 bits per heavy atom. The molecular weight excluding hydrogens is 342 g/mol. The second-order valence-corrected chi connectivity index (χ2v) is 7.87. The third-order valence-electron chi connectivity index (χ3n) is 4.95. The minimum Gasteiger partial charge on any atom is -0.386 e.